The van der Waals surface area contributed by atoms with Crippen LogP contribution in [-0.4, -0.2) is 25.3 Å². The Labute approximate surface area is 150 Å². The summed E-state index contributed by atoms with van der Waals surface area (Å²) in [5, 5.41) is 8.08. The molecule has 24 heavy (non-hydrogen) atoms. The lowest BCUT2D eigenvalue weighted by Gasteiger charge is -2.07. The number of hydrogen-bond donors (Lipinski definition) is 2. The van der Waals surface area contributed by atoms with E-state index in [0.717, 1.165) is 11.4 Å². The molecule has 2 aromatic rings. The van der Waals surface area contributed by atoms with Crippen LogP contribution in [0.3, 0.4) is 0 Å². The Bertz CT molecular complexity index is 746. The SMILES string of the molecule is COc1ccc(NCC(=O)N/N=C(/C)c2ccc(Cl)cc2Cl)cc1. The van der Waals surface area contributed by atoms with Crippen LogP contribution in [0.25, 0.3) is 0 Å². The molecular weight excluding hydrogens is 349 g/mol. The summed E-state index contributed by atoms with van der Waals surface area (Å²) in [6.45, 7) is 1.85. The standard InChI is InChI=1S/C17H17Cl2N3O2/c1-11(15-8-3-12(18)9-16(15)19)21-22-17(23)10-20-13-4-6-14(24-2)7-5-13/h3-9,20H,10H2,1-2H3,(H,22,23)/b21-11-. The van der Waals surface area contributed by atoms with E-state index in [4.69, 9.17) is 27.9 Å². The van der Waals surface area contributed by atoms with E-state index >= 15 is 0 Å². The van der Waals surface area contributed by atoms with Crippen LogP contribution in [0.15, 0.2) is 47.6 Å². The second kappa shape index (κ2) is 8.57. The first-order chi connectivity index (χ1) is 11.5. The van der Waals surface area contributed by atoms with Crippen LogP contribution < -0.4 is 15.5 Å². The summed E-state index contributed by atoms with van der Waals surface area (Å²) < 4.78 is 5.07. The van der Waals surface area contributed by atoms with E-state index in [1.165, 1.54) is 0 Å². The first-order valence-corrected chi connectivity index (χ1v) is 7.91. The van der Waals surface area contributed by atoms with E-state index in [1.807, 2.05) is 24.3 Å². The summed E-state index contributed by atoms with van der Waals surface area (Å²) in [7, 11) is 1.60. The van der Waals surface area contributed by atoms with Crippen LogP contribution in [0.1, 0.15) is 12.5 Å². The van der Waals surface area contributed by atoms with Crippen LogP contribution in [0.2, 0.25) is 10.0 Å². The van der Waals surface area contributed by atoms with Crippen molar-refractivity contribution in [3.05, 3.63) is 58.1 Å². The maximum absolute atomic E-state index is 11.9. The van der Waals surface area contributed by atoms with Crippen molar-refractivity contribution >= 4 is 40.5 Å². The second-order valence-corrected chi connectivity index (χ2v) is 5.78. The molecule has 126 valence electrons. The summed E-state index contributed by atoms with van der Waals surface area (Å²) in [4.78, 5) is 11.9. The van der Waals surface area contributed by atoms with Gasteiger partial charge in [-0.15, -0.1) is 0 Å². The molecule has 0 unspecified atom stereocenters. The Hall–Kier alpha value is -2.24. The van der Waals surface area contributed by atoms with Crippen molar-refractivity contribution in [2.75, 3.05) is 19.0 Å². The molecule has 2 aromatic carbocycles. The fourth-order valence-electron chi connectivity index (χ4n) is 1.92. The summed E-state index contributed by atoms with van der Waals surface area (Å²) in [6.07, 6.45) is 0. The van der Waals surface area contributed by atoms with Gasteiger partial charge in [0, 0.05) is 16.3 Å². The molecule has 0 aliphatic heterocycles. The molecule has 0 atom stereocenters. The Morgan fingerprint density at radius 2 is 1.88 bits per heavy atom. The minimum absolute atomic E-state index is 0.0947. The van der Waals surface area contributed by atoms with Crippen LogP contribution in [-0.2, 0) is 4.79 Å². The number of methoxy groups -OCH3 is 1. The van der Waals surface area contributed by atoms with Gasteiger partial charge in [-0.05, 0) is 43.3 Å². The molecule has 0 aromatic heterocycles. The van der Waals surface area contributed by atoms with E-state index < -0.39 is 0 Å². The highest BCUT2D eigenvalue weighted by molar-refractivity contribution is 6.37. The maximum Gasteiger partial charge on any atom is 0.259 e. The Balaban J connectivity index is 1.89. The normalized spacial score (nSPS) is 11.1. The maximum atomic E-state index is 11.9. The van der Waals surface area contributed by atoms with Gasteiger partial charge in [0.05, 0.1) is 24.4 Å². The topological polar surface area (TPSA) is 62.7 Å². The zero-order valence-electron chi connectivity index (χ0n) is 13.3. The lowest BCUT2D eigenvalue weighted by Crippen LogP contribution is -2.26. The van der Waals surface area contributed by atoms with Gasteiger partial charge in [0.1, 0.15) is 5.75 Å². The number of ether oxygens (including phenoxy) is 1. The number of anilines is 1. The molecule has 0 bridgehead atoms. The van der Waals surface area contributed by atoms with Gasteiger partial charge in [-0.3, -0.25) is 4.79 Å². The Morgan fingerprint density at radius 3 is 2.50 bits per heavy atom. The van der Waals surface area contributed by atoms with Crippen LogP contribution in [0.5, 0.6) is 5.75 Å². The molecule has 0 saturated heterocycles. The number of carbonyl (C=O) groups is 1. The minimum Gasteiger partial charge on any atom is -0.497 e. The predicted molar refractivity (Wildman–Crippen MR) is 98.3 cm³/mol. The third kappa shape index (κ3) is 5.15. The van der Waals surface area contributed by atoms with Gasteiger partial charge < -0.3 is 10.1 Å². The molecule has 0 aliphatic carbocycles. The van der Waals surface area contributed by atoms with Crippen LogP contribution in [0.4, 0.5) is 5.69 Å². The average Bonchev–Trinajstić information content (AvgIpc) is 2.58. The lowest BCUT2D eigenvalue weighted by atomic mass is 10.1. The van der Waals surface area contributed by atoms with Crippen molar-refractivity contribution in [3.63, 3.8) is 0 Å². The van der Waals surface area contributed by atoms with Crippen molar-refractivity contribution in [1.29, 1.82) is 0 Å². The summed E-state index contributed by atoms with van der Waals surface area (Å²) in [5.41, 5.74) is 4.60. The van der Waals surface area contributed by atoms with Crippen LogP contribution in [0, 0.1) is 0 Å². The lowest BCUT2D eigenvalue weighted by molar-refractivity contribution is -0.119. The monoisotopic (exact) mass is 365 g/mol. The van der Waals surface area contributed by atoms with E-state index in [1.54, 1.807) is 32.2 Å². The van der Waals surface area contributed by atoms with Gasteiger partial charge in [0.2, 0.25) is 0 Å². The molecule has 0 fully saturated rings. The van der Waals surface area contributed by atoms with Crippen molar-refractivity contribution in [2.24, 2.45) is 5.10 Å². The summed E-state index contributed by atoms with van der Waals surface area (Å²) in [6, 6.07) is 12.4. The number of hydrogen-bond acceptors (Lipinski definition) is 4. The van der Waals surface area contributed by atoms with Gasteiger partial charge >= 0.3 is 0 Å². The van der Waals surface area contributed by atoms with E-state index in [0.29, 0.717) is 21.3 Å². The third-order valence-electron chi connectivity index (χ3n) is 3.21. The molecular formula is C17H17Cl2N3O2. The van der Waals surface area contributed by atoms with Crippen molar-refractivity contribution in [2.45, 2.75) is 6.92 Å². The molecule has 1 amide bonds. The molecule has 2 N–H and O–H groups in total. The van der Waals surface area contributed by atoms with Crippen LogP contribution >= 0.6 is 23.2 Å². The van der Waals surface area contributed by atoms with Gasteiger partial charge in [-0.1, -0.05) is 29.3 Å². The number of nitrogens with one attached hydrogen (secondary N) is 2. The first kappa shape index (κ1) is 18.1. The zero-order chi connectivity index (χ0) is 17.5. The second-order valence-electron chi connectivity index (χ2n) is 4.94. The van der Waals surface area contributed by atoms with Gasteiger partial charge in [-0.25, -0.2) is 5.43 Å². The number of benzene rings is 2. The fourth-order valence-corrected chi connectivity index (χ4v) is 2.47. The highest BCUT2D eigenvalue weighted by atomic mass is 35.5. The van der Waals surface area contributed by atoms with Gasteiger partial charge in [0.15, 0.2) is 0 Å². The number of rotatable bonds is 6. The Kier molecular flexibility index (Phi) is 6.46. The first-order valence-electron chi connectivity index (χ1n) is 7.16. The number of carbonyl (C=O) groups excluding carboxylic acids is 1. The number of nitrogens with zero attached hydrogens (tertiary/aromatic N) is 1. The van der Waals surface area contributed by atoms with Crippen molar-refractivity contribution in [1.82, 2.24) is 5.43 Å². The quantitative estimate of drug-likeness (QED) is 0.601. The van der Waals surface area contributed by atoms with Gasteiger partial charge in [0.25, 0.3) is 5.91 Å². The highest BCUT2D eigenvalue weighted by Gasteiger charge is 2.06. The number of hydrazone groups is 1. The molecule has 7 heteroatoms. The largest absolute Gasteiger partial charge is 0.497 e. The van der Waals surface area contributed by atoms with E-state index in [9.17, 15) is 4.79 Å². The molecule has 0 aliphatic rings. The summed E-state index contributed by atoms with van der Waals surface area (Å²) >= 11 is 12.0. The zero-order valence-corrected chi connectivity index (χ0v) is 14.8. The molecule has 0 saturated carbocycles. The minimum atomic E-state index is -0.268. The average molecular weight is 366 g/mol. The van der Waals surface area contributed by atoms with Crippen molar-refractivity contribution in [3.8, 4) is 5.75 Å². The van der Waals surface area contributed by atoms with Gasteiger partial charge in [-0.2, -0.15) is 5.10 Å². The third-order valence-corrected chi connectivity index (χ3v) is 3.76. The molecule has 0 radical (unpaired) electrons. The predicted octanol–water partition coefficient (Wildman–Crippen LogP) is 3.95. The molecule has 0 spiro atoms. The van der Waals surface area contributed by atoms with Crippen molar-refractivity contribution < 1.29 is 9.53 Å². The van der Waals surface area contributed by atoms with E-state index in [-0.39, 0.29) is 12.5 Å². The molecule has 0 heterocycles. The fraction of sp³-hybridized carbons (Fsp3) is 0.176. The highest BCUT2D eigenvalue weighted by Crippen LogP contribution is 2.21. The Morgan fingerprint density at radius 1 is 1.17 bits per heavy atom. The molecule has 2 rings (SSSR count). The van der Waals surface area contributed by atoms with E-state index in [2.05, 4.69) is 15.8 Å². The smallest absolute Gasteiger partial charge is 0.259 e. The molecule has 5 nitrogen and oxygen atoms in total. The number of halogens is 2. The number of amides is 1. The summed E-state index contributed by atoms with van der Waals surface area (Å²) in [5.74, 6) is 0.486.